The molecule has 0 aliphatic heterocycles. The Morgan fingerprint density at radius 3 is 2.31 bits per heavy atom. The molecule has 0 bridgehead atoms. The zero-order chi connectivity index (χ0) is 20.5. The van der Waals surface area contributed by atoms with E-state index < -0.39 is 0 Å². The van der Waals surface area contributed by atoms with Crippen molar-refractivity contribution in [2.24, 2.45) is 0 Å². The van der Waals surface area contributed by atoms with Crippen LogP contribution >= 0.6 is 0 Å². The molecular formula is C24H24N2O3. The number of para-hydroxylation sites is 1. The van der Waals surface area contributed by atoms with Gasteiger partial charge in [-0.25, -0.2) is 0 Å². The Hall–Kier alpha value is -3.44. The lowest BCUT2D eigenvalue weighted by molar-refractivity contribution is -0.120. The van der Waals surface area contributed by atoms with Gasteiger partial charge in [0.2, 0.25) is 5.91 Å². The minimum atomic E-state index is -0.251. The Morgan fingerprint density at radius 1 is 0.897 bits per heavy atom. The van der Waals surface area contributed by atoms with Crippen LogP contribution in [0.2, 0.25) is 0 Å². The third-order valence-electron chi connectivity index (χ3n) is 4.45. The fraction of sp³-hybridized carbons (Fsp3) is 0.167. The number of ether oxygens (including phenoxy) is 1. The van der Waals surface area contributed by atoms with Crippen LogP contribution in [0.15, 0.2) is 84.9 Å². The van der Waals surface area contributed by atoms with Gasteiger partial charge in [0.25, 0.3) is 5.91 Å². The van der Waals surface area contributed by atoms with Gasteiger partial charge < -0.3 is 15.0 Å². The van der Waals surface area contributed by atoms with Gasteiger partial charge in [-0.3, -0.25) is 9.59 Å². The van der Waals surface area contributed by atoms with Gasteiger partial charge in [0.15, 0.2) is 0 Å². The Kier molecular flexibility index (Phi) is 7.14. The van der Waals surface area contributed by atoms with Gasteiger partial charge in [-0.1, -0.05) is 54.6 Å². The number of carbonyl (C=O) groups is 2. The van der Waals surface area contributed by atoms with Crippen LogP contribution in [-0.2, 0) is 16.0 Å². The largest absolute Gasteiger partial charge is 0.371 e. The van der Waals surface area contributed by atoms with Crippen molar-refractivity contribution in [2.45, 2.75) is 6.42 Å². The van der Waals surface area contributed by atoms with Gasteiger partial charge in [-0.15, -0.1) is 0 Å². The SMILES string of the molecule is CN(C(=O)c1cccc(NC(=O)COCCc2ccccc2)c1)c1ccccc1. The van der Waals surface area contributed by atoms with Crippen molar-refractivity contribution in [1.82, 2.24) is 0 Å². The predicted molar refractivity (Wildman–Crippen MR) is 115 cm³/mol. The van der Waals surface area contributed by atoms with Gasteiger partial charge in [-0.05, 0) is 42.3 Å². The summed E-state index contributed by atoms with van der Waals surface area (Å²) < 4.78 is 5.46. The molecule has 0 unspecified atom stereocenters. The number of amides is 2. The van der Waals surface area contributed by atoms with Gasteiger partial charge >= 0.3 is 0 Å². The molecule has 0 aliphatic rings. The molecule has 0 aromatic heterocycles. The van der Waals surface area contributed by atoms with E-state index in [9.17, 15) is 9.59 Å². The molecule has 0 spiro atoms. The Labute approximate surface area is 170 Å². The summed E-state index contributed by atoms with van der Waals surface area (Å²) in [6.45, 7) is 0.437. The molecule has 0 radical (unpaired) electrons. The third kappa shape index (κ3) is 6.02. The Morgan fingerprint density at radius 2 is 1.59 bits per heavy atom. The molecule has 0 aliphatic carbocycles. The van der Waals surface area contributed by atoms with E-state index >= 15 is 0 Å². The monoisotopic (exact) mass is 388 g/mol. The van der Waals surface area contributed by atoms with Crippen LogP contribution in [0.1, 0.15) is 15.9 Å². The molecule has 2 amide bonds. The van der Waals surface area contributed by atoms with Crippen molar-refractivity contribution in [3.05, 3.63) is 96.1 Å². The number of nitrogens with one attached hydrogen (secondary N) is 1. The average molecular weight is 388 g/mol. The van der Waals surface area contributed by atoms with Crippen LogP contribution in [0.3, 0.4) is 0 Å². The Balaban J connectivity index is 1.51. The second-order valence-corrected chi connectivity index (χ2v) is 6.62. The number of anilines is 2. The molecule has 0 saturated heterocycles. The summed E-state index contributed by atoms with van der Waals surface area (Å²) in [5, 5.41) is 2.78. The second kappa shape index (κ2) is 10.2. The molecule has 29 heavy (non-hydrogen) atoms. The van der Waals surface area contributed by atoms with Crippen molar-refractivity contribution in [3.8, 4) is 0 Å². The summed E-state index contributed by atoms with van der Waals surface area (Å²) in [5.41, 5.74) is 3.04. The summed E-state index contributed by atoms with van der Waals surface area (Å²) in [6.07, 6.45) is 0.754. The van der Waals surface area contributed by atoms with Gasteiger partial charge in [0, 0.05) is 24.0 Å². The molecule has 3 rings (SSSR count). The van der Waals surface area contributed by atoms with E-state index in [4.69, 9.17) is 4.74 Å². The van der Waals surface area contributed by atoms with Crippen molar-refractivity contribution in [2.75, 3.05) is 30.5 Å². The lowest BCUT2D eigenvalue weighted by Crippen LogP contribution is -2.26. The first-order valence-electron chi connectivity index (χ1n) is 9.48. The van der Waals surface area contributed by atoms with Crippen molar-refractivity contribution >= 4 is 23.2 Å². The van der Waals surface area contributed by atoms with Crippen LogP contribution in [0.5, 0.6) is 0 Å². The number of rotatable bonds is 8. The normalized spacial score (nSPS) is 10.4. The van der Waals surface area contributed by atoms with E-state index in [0.29, 0.717) is 17.9 Å². The van der Waals surface area contributed by atoms with Crippen LogP contribution < -0.4 is 10.2 Å². The predicted octanol–water partition coefficient (Wildman–Crippen LogP) is 4.16. The quantitative estimate of drug-likeness (QED) is 0.590. The fourth-order valence-electron chi connectivity index (χ4n) is 2.89. The fourth-order valence-corrected chi connectivity index (χ4v) is 2.89. The molecule has 5 nitrogen and oxygen atoms in total. The number of hydrogen-bond acceptors (Lipinski definition) is 3. The van der Waals surface area contributed by atoms with Gasteiger partial charge in [-0.2, -0.15) is 0 Å². The summed E-state index contributed by atoms with van der Waals surface area (Å²) in [4.78, 5) is 26.4. The van der Waals surface area contributed by atoms with E-state index in [-0.39, 0.29) is 18.4 Å². The van der Waals surface area contributed by atoms with E-state index in [1.165, 1.54) is 5.56 Å². The molecule has 3 aromatic carbocycles. The standard InChI is InChI=1S/C24H24N2O3/c1-26(22-13-6-3-7-14-22)24(28)20-11-8-12-21(17-20)25-23(27)18-29-16-15-19-9-4-2-5-10-19/h2-14,17H,15-16,18H2,1H3,(H,25,27). The lowest BCUT2D eigenvalue weighted by atomic mass is 10.1. The van der Waals surface area contributed by atoms with Crippen LogP contribution in [0.4, 0.5) is 11.4 Å². The highest BCUT2D eigenvalue weighted by Gasteiger charge is 2.14. The molecule has 5 heteroatoms. The van der Waals surface area contributed by atoms with Crippen LogP contribution in [0.25, 0.3) is 0 Å². The Bertz CT molecular complexity index is 943. The minimum Gasteiger partial charge on any atom is -0.371 e. The number of benzene rings is 3. The van der Waals surface area contributed by atoms with Crippen molar-refractivity contribution < 1.29 is 14.3 Å². The maximum absolute atomic E-state index is 12.7. The van der Waals surface area contributed by atoms with E-state index in [1.807, 2.05) is 60.7 Å². The maximum Gasteiger partial charge on any atom is 0.258 e. The molecular weight excluding hydrogens is 364 g/mol. The lowest BCUT2D eigenvalue weighted by Gasteiger charge is -2.17. The van der Waals surface area contributed by atoms with Crippen molar-refractivity contribution in [3.63, 3.8) is 0 Å². The number of nitrogens with zero attached hydrogens (tertiary/aromatic N) is 1. The zero-order valence-corrected chi connectivity index (χ0v) is 16.4. The summed E-state index contributed by atoms with van der Waals surface area (Å²) in [7, 11) is 1.73. The maximum atomic E-state index is 12.7. The third-order valence-corrected chi connectivity index (χ3v) is 4.45. The average Bonchev–Trinajstić information content (AvgIpc) is 2.77. The molecule has 0 atom stereocenters. The van der Waals surface area contributed by atoms with E-state index in [0.717, 1.165) is 12.1 Å². The second-order valence-electron chi connectivity index (χ2n) is 6.62. The highest BCUT2D eigenvalue weighted by Crippen LogP contribution is 2.17. The van der Waals surface area contributed by atoms with Gasteiger partial charge in [0.1, 0.15) is 6.61 Å². The van der Waals surface area contributed by atoms with Crippen LogP contribution in [-0.4, -0.2) is 32.1 Å². The summed E-state index contributed by atoms with van der Waals surface area (Å²) >= 11 is 0. The molecule has 0 heterocycles. The highest BCUT2D eigenvalue weighted by atomic mass is 16.5. The smallest absolute Gasteiger partial charge is 0.258 e. The molecule has 148 valence electrons. The first-order chi connectivity index (χ1) is 14.1. The highest BCUT2D eigenvalue weighted by molar-refractivity contribution is 6.06. The molecule has 0 saturated carbocycles. The van der Waals surface area contributed by atoms with Crippen LogP contribution in [0, 0.1) is 0 Å². The van der Waals surface area contributed by atoms with E-state index in [2.05, 4.69) is 5.32 Å². The summed E-state index contributed by atoms with van der Waals surface area (Å²) in [6, 6.07) is 26.3. The minimum absolute atomic E-state index is 0.0328. The zero-order valence-electron chi connectivity index (χ0n) is 16.4. The van der Waals surface area contributed by atoms with E-state index in [1.54, 1.807) is 36.2 Å². The molecule has 0 fully saturated rings. The summed E-state index contributed by atoms with van der Waals surface area (Å²) in [5.74, 6) is -0.398. The van der Waals surface area contributed by atoms with Crippen molar-refractivity contribution in [1.29, 1.82) is 0 Å². The van der Waals surface area contributed by atoms with Gasteiger partial charge in [0.05, 0.1) is 6.61 Å². The number of hydrogen-bond donors (Lipinski definition) is 1. The first-order valence-corrected chi connectivity index (χ1v) is 9.48. The topological polar surface area (TPSA) is 58.6 Å². The first kappa shape index (κ1) is 20.3. The molecule has 3 aromatic rings. The molecule has 1 N–H and O–H groups in total. The number of carbonyl (C=O) groups excluding carboxylic acids is 2.